The van der Waals surface area contributed by atoms with Crippen LogP contribution in [-0.2, 0) is 0 Å². The molecule has 0 aliphatic carbocycles. The Morgan fingerprint density at radius 3 is 2.00 bits per heavy atom. The van der Waals surface area contributed by atoms with Crippen LogP contribution >= 0.6 is 0 Å². The first-order chi connectivity index (χ1) is 4.54. The van der Waals surface area contributed by atoms with Crippen LogP contribution in [0.5, 0.6) is 0 Å². The third kappa shape index (κ3) is 4.30. The first-order valence-electron chi connectivity index (χ1n) is 3.72. The van der Waals surface area contributed by atoms with Gasteiger partial charge in [0.2, 0.25) is 0 Å². The minimum atomic E-state index is 0.550. The first kappa shape index (κ1) is 9.41. The number of hydrogen-bond acceptors (Lipinski definition) is 1. The zero-order valence-electron chi connectivity index (χ0n) is 7.60. The Bertz CT molecular complexity index is 148. The summed E-state index contributed by atoms with van der Waals surface area (Å²) in [6.45, 7) is 10.4. The van der Waals surface area contributed by atoms with E-state index in [1.165, 1.54) is 5.57 Å². The number of allylic oxidation sites excluding steroid dienone is 2. The lowest BCUT2D eigenvalue weighted by molar-refractivity contribution is 0.903. The average Bonchev–Trinajstić information content (AvgIpc) is 1.82. The second-order valence-electron chi connectivity index (χ2n) is 3.11. The van der Waals surface area contributed by atoms with E-state index < -0.39 is 0 Å². The molecule has 58 valence electrons. The fourth-order valence-electron chi connectivity index (χ4n) is 0.390. The molecule has 10 heavy (non-hydrogen) atoms. The maximum atomic E-state index is 4.28. The molecule has 0 saturated carbocycles. The third-order valence-corrected chi connectivity index (χ3v) is 1.29. The molecule has 0 atom stereocenters. The van der Waals surface area contributed by atoms with E-state index in [4.69, 9.17) is 0 Å². The highest BCUT2D eigenvalue weighted by Crippen LogP contribution is 2.02. The monoisotopic (exact) mass is 139 g/mol. The van der Waals surface area contributed by atoms with Gasteiger partial charge in [-0.1, -0.05) is 19.4 Å². The topological polar surface area (TPSA) is 12.4 Å². The highest BCUT2D eigenvalue weighted by molar-refractivity contribution is 5.61. The van der Waals surface area contributed by atoms with Crippen molar-refractivity contribution in [2.45, 2.75) is 34.6 Å². The summed E-state index contributed by atoms with van der Waals surface area (Å²) in [7, 11) is 0. The molecule has 0 heterocycles. The number of aliphatic imine (C=N–C) groups is 1. The second-order valence-corrected chi connectivity index (χ2v) is 3.11. The van der Waals surface area contributed by atoms with Crippen molar-refractivity contribution in [3.8, 4) is 0 Å². The molecule has 0 aromatic heterocycles. The molecule has 0 saturated heterocycles. The quantitative estimate of drug-likeness (QED) is 0.521. The summed E-state index contributed by atoms with van der Waals surface area (Å²) < 4.78 is 0. The Labute approximate surface area is 63.9 Å². The van der Waals surface area contributed by atoms with E-state index in [2.05, 4.69) is 32.7 Å². The van der Waals surface area contributed by atoms with Crippen LogP contribution in [0.15, 0.2) is 16.3 Å². The van der Waals surface area contributed by atoms with Crippen molar-refractivity contribution in [2.75, 3.05) is 0 Å². The fourth-order valence-corrected chi connectivity index (χ4v) is 0.390. The Morgan fingerprint density at radius 1 is 1.20 bits per heavy atom. The van der Waals surface area contributed by atoms with Gasteiger partial charge in [-0.2, -0.15) is 0 Å². The summed E-state index contributed by atoms with van der Waals surface area (Å²) in [6, 6.07) is 0. The summed E-state index contributed by atoms with van der Waals surface area (Å²) in [5.74, 6) is 0.550. The first-order valence-corrected chi connectivity index (χ1v) is 3.72. The maximum absolute atomic E-state index is 4.28. The lowest BCUT2D eigenvalue weighted by Crippen LogP contribution is -1.87. The van der Waals surface area contributed by atoms with E-state index in [1.807, 2.05) is 13.1 Å². The molecule has 0 rings (SSSR count). The lowest BCUT2D eigenvalue weighted by atomic mass is 10.2. The standard InChI is InChI=1S/C9H17N/c1-7(2)6-10-9(5)8(3)4/h6-7H,1-5H3. The number of hydrogen-bond donors (Lipinski definition) is 0. The SMILES string of the molecule is CC(C)=C(C)N=CC(C)C. The van der Waals surface area contributed by atoms with Crippen molar-refractivity contribution in [3.63, 3.8) is 0 Å². The van der Waals surface area contributed by atoms with E-state index in [-0.39, 0.29) is 0 Å². The van der Waals surface area contributed by atoms with Gasteiger partial charge >= 0.3 is 0 Å². The molecular weight excluding hydrogens is 122 g/mol. The molecule has 0 fully saturated rings. The second kappa shape index (κ2) is 4.26. The van der Waals surface area contributed by atoms with Gasteiger partial charge in [-0.3, -0.25) is 4.99 Å². The Kier molecular flexibility index (Phi) is 4.01. The molecule has 0 aromatic rings. The van der Waals surface area contributed by atoms with Crippen LogP contribution in [0.1, 0.15) is 34.6 Å². The smallest absolute Gasteiger partial charge is 0.0355 e. The molecule has 0 radical (unpaired) electrons. The highest BCUT2D eigenvalue weighted by atomic mass is 14.7. The van der Waals surface area contributed by atoms with Crippen LogP contribution < -0.4 is 0 Å². The van der Waals surface area contributed by atoms with Crippen LogP contribution in [-0.4, -0.2) is 6.21 Å². The van der Waals surface area contributed by atoms with Gasteiger partial charge < -0.3 is 0 Å². The van der Waals surface area contributed by atoms with E-state index in [1.54, 1.807) is 0 Å². The third-order valence-electron chi connectivity index (χ3n) is 1.29. The number of rotatable bonds is 2. The zero-order chi connectivity index (χ0) is 8.15. The summed E-state index contributed by atoms with van der Waals surface area (Å²) >= 11 is 0. The van der Waals surface area contributed by atoms with Crippen molar-refractivity contribution in [2.24, 2.45) is 10.9 Å². The van der Waals surface area contributed by atoms with Gasteiger partial charge in [0.1, 0.15) is 0 Å². The summed E-state index contributed by atoms with van der Waals surface area (Å²) in [5.41, 5.74) is 2.42. The van der Waals surface area contributed by atoms with Crippen molar-refractivity contribution in [3.05, 3.63) is 11.3 Å². The van der Waals surface area contributed by atoms with Crippen LogP contribution in [0.4, 0.5) is 0 Å². The predicted octanol–water partition coefficient (Wildman–Crippen LogP) is 3.03. The highest BCUT2D eigenvalue weighted by Gasteiger charge is 1.87. The molecule has 0 spiro atoms. The molecule has 0 unspecified atom stereocenters. The normalized spacial score (nSPS) is 11.0. The Morgan fingerprint density at radius 2 is 1.70 bits per heavy atom. The molecule has 0 N–H and O–H groups in total. The van der Waals surface area contributed by atoms with Crippen molar-refractivity contribution < 1.29 is 0 Å². The molecule has 0 aromatic carbocycles. The van der Waals surface area contributed by atoms with Crippen molar-refractivity contribution in [1.82, 2.24) is 0 Å². The summed E-state index contributed by atoms with van der Waals surface area (Å²) in [5, 5.41) is 0. The van der Waals surface area contributed by atoms with Crippen LogP contribution in [0.3, 0.4) is 0 Å². The van der Waals surface area contributed by atoms with Gasteiger partial charge in [0.05, 0.1) is 0 Å². The zero-order valence-corrected chi connectivity index (χ0v) is 7.60. The van der Waals surface area contributed by atoms with Gasteiger partial charge in [0.15, 0.2) is 0 Å². The summed E-state index contributed by atoms with van der Waals surface area (Å²) in [6.07, 6.45) is 1.97. The van der Waals surface area contributed by atoms with Crippen LogP contribution in [0, 0.1) is 5.92 Å². The molecule has 0 aliphatic rings. The van der Waals surface area contributed by atoms with Gasteiger partial charge in [-0.25, -0.2) is 0 Å². The molecule has 0 bridgehead atoms. The molecule has 1 nitrogen and oxygen atoms in total. The van der Waals surface area contributed by atoms with E-state index in [0.717, 1.165) is 5.70 Å². The predicted molar refractivity (Wildman–Crippen MR) is 47.4 cm³/mol. The van der Waals surface area contributed by atoms with Gasteiger partial charge in [-0.05, 0) is 26.7 Å². The molecular formula is C9H17N. The maximum Gasteiger partial charge on any atom is 0.0355 e. The average molecular weight is 139 g/mol. The molecule has 1 heteroatoms. The molecule has 0 amide bonds. The van der Waals surface area contributed by atoms with Crippen LogP contribution in [0.25, 0.3) is 0 Å². The summed E-state index contributed by atoms with van der Waals surface area (Å²) in [4.78, 5) is 4.28. The van der Waals surface area contributed by atoms with E-state index in [9.17, 15) is 0 Å². The minimum Gasteiger partial charge on any atom is -0.266 e. The molecule has 0 aliphatic heterocycles. The Hall–Kier alpha value is -0.590. The lowest BCUT2D eigenvalue weighted by Gasteiger charge is -1.96. The van der Waals surface area contributed by atoms with Gasteiger partial charge in [0, 0.05) is 11.9 Å². The fraction of sp³-hybridized carbons (Fsp3) is 0.667. The van der Waals surface area contributed by atoms with Crippen molar-refractivity contribution >= 4 is 6.21 Å². The van der Waals surface area contributed by atoms with Crippen LogP contribution in [0.2, 0.25) is 0 Å². The van der Waals surface area contributed by atoms with Gasteiger partial charge in [0.25, 0.3) is 0 Å². The number of nitrogens with zero attached hydrogens (tertiary/aromatic N) is 1. The minimum absolute atomic E-state index is 0.550. The largest absolute Gasteiger partial charge is 0.266 e. The van der Waals surface area contributed by atoms with E-state index in [0.29, 0.717) is 5.92 Å². The van der Waals surface area contributed by atoms with E-state index >= 15 is 0 Å². The van der Waals surface area contributed by atoms with Crippen molar-refractivity contribution in [1.29, 1.82) is 0 Å². The van der Waals surface area contributed by atoms with Gasteiger partial charge in [-0.15, -0.1) is 0 Å². The Balaban J connectivity index is 4.03.